The highest BCUT2D eigenvalue weighted by Gasteiger charge is 2.54. The minimum atomic E-state index is -4.94. The molecule has 4 aliphatic carbocycles. The molecule has 274 valence electrons. The quantitative estimate of drug-likeness (QED) is 0.190. The number of hydrogen-bond donors (Lipinski definition) is 3. The third-order valence-electron chi connectivity index (χ3n) is 11.1. The van der Waals surface area contributed by atoms with Crippen molar-refractivity contribution in [1.29, 1.82) is 0 Å². The van der Waals surface area contributed by atoms with E-state index in [9.17, 15) is 45.4 Å². The van der Waals surface area contributed by atoms with E-state index in [0.29, 0.717) is 29.3 Å². The van der Waals surface area contributed by atoms with Crippen LogP contribution in [0.25, 0.3) is 0 Å². The maximum atomic E-state index is 14.0. The van der Waals surface area contributed by atoms with Crippen LogP contribution in [0, 0.1) is 41.3 Å². The molecule has 0 aromatic heterocycles. The largest absolute Gasteiger partial charge is 0.496 e. The Labute approximate surface area is 288 Å². The molecule has 0 spiro atoms. The van der Waals surface area contributed by atoms with Gasteiger partial charge in [0, 0.05) is 35.5 Å². The average molecular weight is 724 g/mol. The molecule has 4 saturated carbocycles. The maximum Gasteiger partial charge on any atom is 0.419 e. The molecule has 2 amide bonds. The molecule has 0 radical (unpaired) electrons. The Morgan fingerprint density at radius 3 is 2.45 bits per heavy atom. The minimum Gasteiger partial charge on any atom is -0.496 e. The van der Waals surface area contributed by atoms with E-state index < -0.39 is 65.6 Å². The molecule has 2 aromatic rings. The first-order valence-electron chi connectivity index (χ1n) is 17.0. The number of amides is 2. The lowest BCUT2D eigenvalue weighted by Crippen LogP contribution is -2.45. The fourth-order valence-corrected chi connectivity index (χ4v) is 8.57. The van der Waals surface area contributed by atoms with Gasteiger partial charge >= 0.3 is 12.4 Å². The number of allylic oxidation sites excluding steroid dienone is 1. The van der Waals surface area contributed by atoms with Crippen molar-refractivity contribution in [3.8, 4) is 5.75 Å². The highest BCUT2D eigenvalue weighted by Crippen LogP contribution is 2.55. The van der Waals surface area contributed by atoms with Crippen molar-refractivity contribution in [1.82, 2.24) is 5.32 Å². The number of aliphatic hydroxyl groups excluding tert-OH is 1. The van der Waals surface area contributed by atoms with Gasteiger partial charge in [0.1, 0.15) is 17.7 Å². The number of anilines is 1. The number of rotatable bonds is 9. The van der Waals surface area contributed by atoms with Gasteiger partial charge in [0.25, 0.3) is 5.91 Å². The van der Waals surface area contributed by atoms with Crippen LogP contribution < -0.4 is 15.4 Å². The van der Waals surface area contributed by atoms with Gasteiger partial charge in [0.15, 0.2) is 6.10 Å². The van der Waals surface area contributed by atoms with Crippen LogP contribution in [-0.2, 0) is 15.8 Å². The molecular weight excluding hydrogens is 687 g/mol. The highest BCUT2D eigenvalue weighted by atomic mass is 19.4. The van der Waals surface area contributed by atoms with E-state index >= 15 is 0 Å². The first kappa shape index (κ1) is 35.3. The topological polar surface area (TPSA) is 109 Å². The third-order valence-corrected chi connectivity index (χ3v) is 11.1. The number of carbonyl (C=O) groups is 2. The number of hydrogen-bond acceptors (Lipinski definition) is 6. The van der Waals surface area contributed by atoms with E-state index in [1.165, 1.54) is 18.7 Å². The summed E-state index contributed by atoms with van der Waals surface area (Å²) in [5.74, 6) is -3.93. The SMILES string of the molecule is COc1ccc(C2=NOC3CC(C(O)C(F)(F)F)CC23)cc1C(=O)N[C@@H]1[C@@H](CC(=O)Nc2ccc(F)c(C(F)(F)F)c2)[C@H]2CC[C@@H]1/C2=C\C1CC1. The van der Waals surface area contributed by atoms with E-state index in [1.807, 2.05) is 0 Å². The van der Waals surface area contributed by atoms with Gasteiger partial charge in [0.2, 0.25) is 5.91 Å². The summed E-state index contributed by atoms with van der Waals surface area (Å²) in [7, 11) is 1.39. The number of methoxy groups -OCH3 is 1. The van der Waals surface area contributed by atoms with E-state index in [1.54, 1.807) is 12.1 Å². The summed E-state index contributed by atoms with van der Waals surface area (Å²) in [6.07, 6.45) is -7.09. The normalized spacial score (nSPS) is 29.8. The number of fused-ring (bicyclic) bond motifs is 3. The minimum absolute atomic E-state index is 0.00182. The Morgan fingerprint density at radius 1 is 1.02 bits per heavy atom. The lowest BCUT2D eigenvalue weighted by atomic mass is 9.81. The standard InChI is InChI=1S/C36H36F7N3O5/c1-50-28-9-4-17(31-24-12-18(13-29(24)51-46-31)33(48)36(41,42)43)11-25(28)34(49)45-32-21-7-6-20(22(21)10-16-2-3-16)23(32)15-30(47)44-19-5-8-27(37)26(14-19)35(38,39)40/h4-5,8-11,14,16,18,20-21,23-24,29,32-33,48H,2-3,6-7,12-13,15H2,1H3,(H,44,47)(H,45,49)/b22-10-/t18?,20-,21+,23-,24?,29?,32-,33?/m0/s1. The van der Waals surface area contributed by atoms with E-state index in [2.05, 4.69) is 21.9 Å². The Balaban J connectivity index is 1.11. The Kier molecular flexibility index (Phi) is 9.08. The zero-order valence-electron chi connectivity index (χ0n) is 27.4. The van der Waals surface area contributed by atoms with Crippen LogP contribution in [0.1, 0.15) is 66.4 Å². The maximum absolute atomic E-state index is 14.0. The molecule has 15 heteroatoms. The Bertz CT molecular complexity index is 1770. The summed E-state index contributed by atoms with van der Waals surface area (Å²) in [6.45, 7) is 0. The number of benzene rings is 2. The number of carbonyl (C=O) groups excluding carboxylic acids is 2. The lowest BCUT2D eigenvalue weighted by molar-refractivity contribution is -0.219. The van der Waals surface area contributed by atoms with E-state index in [4.69, 9.17) is 9.57 Å². The summed E-state index contributed by atoms with van der Waals surface area (Å²) in [4.78, 5) is 32.8. The Morgan fingerprint density at radius 2 is 1.76 bits per heavy atom. The van der Waals surface area contributed by atoms with Crippen LogP contribution in [-0.4, -0.2) is 54.2 Å². The van der Waals surface area contributed by atoms with Gasteiger partial charge in [0.05, 0.1) is 23.9 Å². The number of nitrogens with zero attached hydrogens (tertiary/aromatic N) is 1. The second-order valence-electron chi connectivity index (χ2n) is 14.3. The van der Waals surface area contributed by atoms with E-state index in [-0.39, 0.29) is 54.0 Å². The smallest absolute Gasteiger partial charge is 0.419 e. The van der Waals surface area contributed by atoms with Crippen molar-refractivity contribution in [3.63, 3.8) is 0 Å². The highest BCUT2D eigenvalue weighted by molar-refractivity contribution is 6.06. The Hall–Kier alpha value is -4.14. The number of alkyl halides is 6. The first-order valence-corrected chi connectivity index (χ1v) is 17.0. The summed E-state index contributed by atoms with van der Waals surface area (Å²) in [5, 5.41) is 19.6. The van der Waals surface area contributed by atoms with Crippen LogP contribution in [0.3, 0.4) is 0 Å². The summed E-state index contributed by atoms with van der Waals surface area (Å²) in [6, 6.07) is 6.50. The fraction of sp³-hybridized carbons (Fsp3) is 0.528. The predicted molar refractivity (Wildman–Crippen MR) is 169 cm³/mol. The number of nitrogens with one attached hydrogen (secondary N) is 2. The summed E-state index contributed by atoms with van der Waals surface area (Å²) in [5.41, 5.74) is 0.431. The van der Waals surface area contributed by atoms with Crippen LogP contribution in [0.2, 0.25) is 0 Å². The zero-order chi connectivity index (χ0) is 36.4. The lowest BCUT2D eigenvalue weighted by Gasteiger charge is -2.31. The van der Waals surface area contributed by atoms with Crippen LogP contribution in [0.5, 0.6) is 5.75 Å². The van der Waals surface area contributed by atoms with Gasteiger partial charge < -0.3 is 25.3 Å². The van der Waals surface area contributed by atoms with Gasteiger partial charge in [-0.15, -0.1) is 0 Å². The number of aliphatic hydroxyl groups is 1. The van der Waals surface area contributed by atoms with E-state index in [0.717, 1.165) is 31.7 Å². The predicted octanol–water partition coefficient (Wildman–Crippen LogP) is 7.03. The molecule has 1 aliphatic heterocycles. The van der Waals surface area contributed by atoms with Gasteiger partial charge in [-0.3, -0.25) is 9.59 Å². The second kappa shape index (κ2) is 13.1. The molecule has 1 heterocycles. The number of oxime groups is 1. The molecule has 2 aromatic carbocycles. The molecular formula is C36H36F7N3O5. The molecule has 8 nitrogen and oxygen atoms in total. The van der Waals surface area contributed by atoms with Crippen LogP contribution in [0.4, 0.5) is 36.4 Å². The molecule has 51 heavy (non-hydrogen) atoms. The number of halogens is 7. The van der Waals surface area contributed by atoms with Crippen molar-refractivity contribution in [2.45, 2.75) is 75.5 Å². The van der Waals surface area contributed by atoms with Gasteiger partial charge in [-0.2, -0.15) is 26.3 Å². The van der Waals surface area contributed by atoms with Gasteiger partial charge in [-0.25, -0.2) is 4.39 Å². The molecule has 7 rings (SSSR count). The van der Waals surface area contributed by atoms with Crippen molar-refractivity contribution in [3.05, 3.63) is 70.6 Å². The van der Waals surface area contributed by atoms with Gasteiger partial charge in [-0.1, -0.05) is 16.8 Å². The first-order chi connectivity index (χ1) is 24.1. The molecule has 4 fully saturated rings. The van der Waals surface area contributed by atoms with Gasteiger partial charge in [-0.05, 0) is 98.6 Å². The molecule has 8 atom stereocenters. The molecule has 3 N–H and O–H groups in total. The molecule has 4 unspecified atom stereocenters. The van der Waals surface area contributed by atoms with Crippen molar-refractivity contribution >= 4 is 23.2 Å². The molecule has 0 saturated heterocycles. The average Bonchev–Trinajstić information content (AvgIpc) is 3.34. The number of ether oxygens (including phenoxy) is 1. The summed E-state index contributed by atoms with van der Waals surface area (Å²) >= 11 is 0. The van der Waals surface area contributed by atoms with Crippen LogP contribution in [0.15, 0.2) is 53.2 Å². The second-order valence-corrected chi connectivity index (χ2v) is 14.3. The van der Waals surface area contributed by atoms with Crippen molar-refractivity contribution in [2.75, 3.05) is 12.4 Å². The summed E-state index contributed by atoms with van der Waals surface area (Å²) < 4.78 is 99.0. The molecule has 5 aliphatic rings. The molecule has 2 bridgehead atoms. The fourth-order valence-electron chi connectivity index (χ4n) is 8.57. The zero-order valence-corrected chi connectivity index (χ0v) is 27.4. The van der Waals surface area contributed by atoms with Crippen LogP contribution >= 0.6 is 0 Å². The van der Waals surface area contributed by atoms with Crippen molar-refractivity contribution in [2.24, 2.45) is 40.7 Å². The monoisotopic (exact) mass is 723 g/mol. The van der Waals surface area contributed by atoms with Crippen molar-refractivity contribution < 1.29 is 55.0 Å². The third kappa shape index (κ3) is 6.93.